The number of anilines is 1. The number of imidazole rings is 1. The smallest absolute Gasteiger partial charge is 0.320 e. The highest BCUT2D eigenvalue weighted by Crippen LogP contribution is 2.28. The Labute approximate surface area is 191 Å². The Bertz CT molecular complexity index is 1260. The fraction of sp³-hybridized carbons (Fsp3) is 0.304. The first-order valence-corrected chi connectivity index (χ1v) is 10.4. The lowest BCUT2D eigenvalue weighted by molar-refractivity contribution is 0.141. The number of benzene rings is 1. The maximum atomic E-state index is 14.0. The Balaban J connectivity index is 1.82. The molecule has 3 aromatic heterocycles. The summed E-state index contributed by atoms with van der Waals surface area (Å²) in [7, 11) is 5.63. The minimum absolute atomic E-state index is 0.128. The van der Waals surface area contributed by atoms with Gasteiger partial charge in [0.2, 0.25) is 0 Å². The third-order valence-corrected chi connectivity index (χ3v) is 4.91. The molecule has 3 heterocycles. The fourth-order valence-electron chi connectivity index (χ4n) is 3.56. The SMILES string of the molecule is COCCOc1nc(N)c2nc(-c3cncc(F)c3)n(Cc3cccc(CN(C)C)c3)c2n1. The summed E-state index contributed by atoms with van der Waals surface area (Å²) in [6.07, 6.45) is 2.71. The van der Waals surface area contributed by atoms with Crippen LogP contribution in [0.15, 0.2) is 42.7 Å². The van der Waals surface area contributed by atoms with E-state index in [4.69, 9.17) is 15.2 Å². The number of nitrogens with two attached hydrogens (primary N) is 1. The van der Waals surface area contributed by atoms with Gasteiger partial charge in [-0.05, 0) is 31.3 Å². The van der Waals surface area contributed by atoms with E-state index in [2.05, 4.69) is 37.0 Å². The van der Waals surface area contributed by atoms with E-state index in [1.165, 1.54) is 11.6 Å². The van der Waals surface area contributed by atoms with Crippen molar-refractivity contribution >= 4 is 17.0 Å². The predicted molar refractivity (Wildman–Crippen MR) is 123 cm³/mol. The lowest BCUT2D eigenvalue weighted by Crippen LogP contribution is -2.11. The number of rotatable bonds is 9. The molecule has 4 aromatic rings. The third-order valence-electron chi connectivity index (χ3n) is 4.91. The molecule has 0 unspecified atom stereocenters. The van der Waals surface area contributed by atoms with Crippen LogP contribution >= 0.6 is 0 Å². The van der Waals surface area contributed by atoms with E-state index in [0.29, 0.717) is 35.7 Å². The number of hydrogen-bond acceptors (Lipinski definition) is 8. The van der Waals surface area contributed by atoms with Crippen LogP contribution in [-0.4, -0.2) is 63.8 Å². The number of fused-ring (bicyclic) bond motifs is 1. The highest BCUT2D eigenvalue weighted by atomic mass is 19.1. The molecule has 0 amide bonds. The second-order valence-electron chi connectivity index (χ2n) is 7.88. The summed E-state index contributed by atoms with van der Waals surface area (Å²) in [4.78, 5) is 19.5. The van der Waals surface area contributed by atoms with Gasteiger partial charge in [-0.15, -0.1) is 0 Å². The molecule has 0 fully saturated rings. The lowest BCUT2D eigenvalue weighted by Gasteiger charge is -2.13. The van der Waals surface area contributed by atoms with E-state index in [9.17, 15) is 4.39 Å². The van der Waals surface area contributed by atoms with E-state index in [1.807, 2.05) is 30.8 Å². The summed E-state index contributed by atoms with van der Waals surface area (Å²) in [5.74, 6) is 0.213. The molecular formula is C23H26FN7O2. The Morgan fingerprint density at radius 1 is 1.06 bits per heavy atom. The van der Waals surface area contributed by atoms with E-state index < -0.39 is 5.82 Å². The van der Waals surface area contributed by atoms with E-state index >= 15 is 0 Å². The number of aromatic nitrogens is 5. The van der Waals surface area contributed by atoms with E-state index in [0.717, 1.165) is 18.3 Å². The van der Waals surface area contributed by atoms with Gasteiger partial charge in [-0.3, -0.25) is 4.98 Å². The second kappa shape index (κ2) is 9.88. The minimum Gasteiger partial charge on any atom is -0.461 e. The summed E-state index contributed by atoms with van der Waals surface area (Å²) in [6, 6.07) is 9.75. The minimum atomic E-state index is -0.457. The molecule has 0 atom stereocenters. The fourth-order valence-corrected chi connectivity index (χ4v) is 3.56. The Morgan fingerprint density at radius 3 is 2.64 bits per heavy atom. The average molecular weight is 452 g/mol. The zero-order valence-corrected chi connectivity index (χ0v) is 18.8. The Morgan fingerprint density at radius 2 is 1.88 bits per heavy atom. The van der Waals surface area contributed by atoms with E-state index in [-0.39, 0.29) is 18.4 Å². The van der Waals surface area contributed by atoms with E-state index in [1.54, 1.807) is 13.3 Å². The number of methoxy groups -OCH3 is 1. The Kier molecular flexibility index (Phi) is 6.76. The molecular weight excluding hydrogens is 425 g/mol. The lowest BCUT2D eigenvalue weighted by atomic mass is 10.1. The highest BCUT2D eigenvalue weighted by molar-refractivity contribution is 5.85. The molecule has 10 heteroatoms. The maximum Gasteiger partial charge on any atom is 0.320 e. The van der Waals surface area contributed by atoms with Crippen LogP contribution in [0.1, 0.15) is 11.1 Å². The van der Waals surface area contributed by atoms with Crippen LogP contribution in [0.25, 0.3) is 22.6 Å². The predicted octanol–water partition coefficient (Wildman–Crippen LogP) is 2.74. The van der Waals surface area contributed by atoms with Crippen LogP contribution < -0.4 is 10.5 Å². The first-order chi connectivity index (χ1) is 15.9. The molecule has 172 valence electrons. The van der Waals surface area contributed by atoms with Crippen LogP contribution in [0.3, 0.4) is 0 Å². The topological polar surface area (TPSA) is 104 Å². The van der Waals surface area contributed by atoms with Gasteiger partial charge in [-0.1, -0.05) is 24.3 Å². The summed E-state index contributed by atoms with van der Waals surface area (Å²) >= 11 is 0. The Hall–Kier alpha value is -3.63. The number of pyridine rings is 1. The molecule has 1 aromatic carbocycles. The van der Waals surface area contributed by atoms with Crippen molar-refractivity contribution in [1.82, 2.24) is 29.4 Å². The number of nitrogens with zero attached hydrogens (tertiary/aromatic N) is 6. The second-order valence-corrected chi connectivity index (χ2v) is 7.88. The van der Waals surface area contributed by atoms with Crippen molar-refractivity contribution in [3.05, 3.63) is 59.7 Å². The van der Waals surface area contributed by atoms with Crippen LogP contribution in [-0.2, 0) is 17.8 Å². The number of hydrogen-bond donors (Lipinski definition) is 1. The molecule has 0 bridgehead atoms. The zero-order valence-electron chi connectivity index (χ0n) is 18.8. The van der Waals surface area contributed by atoms with Gasteiger partial charge >= 0.3 is 6.01 Å². The normalized spacial score (nSPS) is 11.4. The monoisotopic (exact) mass is 451 g/mol. The molecule has 4 rings (SSSR count). The standard InChI is InChI=1S/C23H26FN7O2/c1-30(2)13-15-5-4-6-16(9-15)14-31-21(17-10-18(24)12-26-11-17)27-19-20(25)28-23(29-22(19)31)33-8-7-32-3/h4-6,9-12H,7-8,13-14H2,1-3H3,(H2,25,28,29). The molecule has 0 spiro atoms. The van der Waals surface area contributed by atoms with Crippen molar-refractivity contribution in [2.24, 2.45) is 0 Å². The molecule has 0 radical (unpaired) electrons. The van der Waals surface area contributed by atoms with Gasteiger partial charge < -0.3 is 24.7 Å². The van der Waals surface area contributed by atoms with Gasteiger partial charge in [0.1, 0.15) is 18.2 Å². The summed E-state index contributed by atoms with van der Waals surface area (Å²) in [6.45, 7) is 1.92. The molecule has 9 nitrogen and oxygen atoms in total. The van der Waals surface area contributed by atoms with Crippen LogP contribution in [0, 0.1) is 5.82 Å². The van der Waals surface area contributed by atoms with Crippen LogP contribution in [0.2, 0.25) is 0 Å². The van der Waals surface area contributed by atoms with Crippen LogP contribution in [0.4, 0.5) is 10.2 Å². The average Bonchev–Trinajstić information content (AvgIpc) is 3.13. The third kappa shape index (κ3) is 5.24. The van der Waals surface area contributed by atoms with Crippen molar-refractivity contribution in [2.75, 3.05) is 40.2 Å². The van der Waals surface area contributed by atoms with Gasteiger partial charge in [0, 0.05) is 25.4 Å². The van der Waals surface area contributed by atoms with Gasteiger partial charge in [-0.2, -0.15) is 9.97 Å². The maximum absolute atomic E-state index is 14.0. The van der Waals surface area contributed by atoms with Gasteiger partial charge in [0.25, 0.3) is 0 Å². The molecule has 0 saturated carbocycles. The molecule has 0 saturated heterocycles. The van der Waals surface area contributed by atoms with Crippen LogP contribution in [0.5, 0.6) is 6.01 Å². The largest absolute Gasteiger partial charge is 0.461 e. The summed E-state index contributed by atoms with van der Waals surface area (Å²) < 4.78 is 26.5. The number of nitrogen functional groups attached to an aromatic ring is 1. The molecule has 33 heavy (non-hydrogen) atoms. The van der Waals surface area contributed by atoms with Crippen molar-refractivity contribution in [3.8, 4) is 17.4 Å². The molecule has 0 aliphatic rings. The quantitative estimate of drug-likeness (QED) is 0.388. The molecule has 2 N–H and O–H groups in total. The zero-order chi connectivity index (χ0) is 23.4. The van der Waals surface area contributed by atoms with Crippen molar-refractivity contribution in [3.63, 3.8) is 0 Å². The molecule has 0 aliphatic heterocycles. The number of halogens is 1. The van der Waals surface area contributed by atoms with Gasteiger partial charge in [-0.25, -0.2) is 9.37 Å². The first-order valence-electron chi connectivity index (χ1n) is 10.4. The molecule has 0 aliphatic carbocycles. The summed E-state index contributed by atoms with van der Waals surface area (Å²) in [5.41, 5.74) is 9.83. The van der Waals surface area contributed by atoms with Gasteiger partial charge in [0.15, 0.2) is 17.0 Å². The number of ether oxygens (including phenoxy) is 2. The van der Waals surface area contributed by atoms with Crippen molar-refractivity contribution in [1.29, 1.82) is 0 Å². The van der Waals surface area contributed by atoms with Gasteiger partial charge in [0.05, 0.1) is 19.3 Å². The van der Waals surface area contributed by atoms with Crippen molar-refractivity contribution < 1.29 is 13.9 Å². The summed E-state index contributed by atoms with van der Waals surface area (Å²) in [5, 5.41) is 0. The highest BCUT2D eigenvalue weighted by Gasteiger charge is 2.19. The van der Waals surface area contributed by atoms with Crippen molar-refractivity contribution in [2.45, 2.75) is 13.1 Å². The first kappa shape index (κ1) is 22.6.